The van der Waals surface area contributed by atoms with Crippen molar-refractivity contribution in [3.05, 3.63) is 0 Å². The first-order chi connectivity index (χ1) is 14.3. The van der Waals surface area contributed by atoms with Crippen LogP contribution in [0.3, 0.4) is 0 Å². The van der Waals surface area contributed by atoms with Crippen LogP contribution in [-0.2, 0) is 24.0 Å². The van der Waals surface area contributed by atoms with Gasteiger partial charge in [-0.2, -0.15) is 0 Å². The second-order valence-corrected chi connectivity index (χ2v) is 8.18. The van der Waals surface area contributed by atoms with E-state index in [1.54, 1.807) is 13.8 Å². The fourth-order valence-corrected chi connectivity index (χ4v) is 2.75. The van der Waals surface area contributed by atoms with Gasteiger partial charge in [0, 0.05) is 6.42 Å². The van der Waals surface area contributed by atoms with Crippen molar-refractivity contribution in [2.24, 2.45) is 17.6 Å². The number of hydrogen-bond donors (Lipinski definition) is 6. The van der Waals surface area contributed by atoms with E-state index >= 15 is 0 Å². The summed E-state index contributed by atoms with van der Waals surface area (Å²) in [6.45, 7) is 8.75. The number of amides is 3. The molecule has 0 aliphatic rings. The predicted molar refractivity (Wildman–Crippen MR) is 113 cm³/mol. The quantitative estimate of drug-likeness (QED) is 0.213. The molecule has 31 heavy (non-hydrogen) atoms. The van der Waals surface area contributed by atoms with Crippen LogP contribution in [-0.4, -0.2) is 64.0 Å². The standard InChI is InChI=1S/C20H36N4O7/c1-6-11(4)16(19(29)22-13(20(30)31)7-8-15(25)26)24-18(28)14(9-10(2)3)23-17(27)12(5)21/h10-14,16H,6-9,21H2,1-5H3,(H,22,29)(H,23,27)(H,24,28)(H,25,26)(H,30,31). The third-order valence-electron chi connectivity index (χ3n) is 4.81. The number of rotatable bonds is 14. The van der Waals surface area contributed by atoms with E-state index in [9.17, 15) is 29.1 Å². The summed E-state index contributed by atoms with van der Waals surface area (Å²) in [6.07, 6.45) is 0.0944. The summed E-state index contributed by atoms with van der Waals surface area (Å²) in [4.78, 5) is 59.8. The maximum atomic E-state index is 12.9. The predicted octanol–water partition coefficient (Wildman–Crippen LogP) is -0.170. The second kappa shape index (κ2) is 13.6. The van der Waals surface area contributed by atoms with Crippen molar-refractivity contribution in [2.75, 3.05) is 0 Å². The van der Waals surface area contributed by atoms with E-state index in [4.69, 9.17) is 10.8 Å². The van der Waals surface area contributed by atoms with Gasteiger partial charge in [-0.1, -0.05) is 34.1 Å². The summed E-state index contributed by atoms with van der Waals surface area (Å²) in [7, 11) is 0. The minimum atomic E-state index is -1.41. The van der Waals surface area contributed by atoms with Crippen molar-refractivity contribution in [1.29, 1.82) is 0 Å². The first kappa shape index (κ1) is 28.3. The van der Waals surface area contributed by atoms with Crippen LogP contribution in [0.1, 0.15) is 60.3 Å². The van der Waals surface area contributed by atoms with E-state index in [1.165, 1.54) is 6.92 Å². The maximum Gasteiger partial charge on any atom is 0.326 e. The molecule has 178 valence electrons. The van der Waals surface area contributed by atoms with Gasteiger partial charge in [0.05, 0.1) is 6.04 Å². The maximum absolute atomic E-state index is 12.9. The number of nitrogens with one attached hydrogen (secondary N) is 3. The molecule has 7 N–H and O–H groups in total. The Balaban J connectivity index is 5.48. The summed E-state index contributed by atoms with van der Waals surface area (Å²) in [5.74, 6) is -4.67. The molecule has 0 aliphatic heterocycles. The highest BCUT2D eigenvalue weighted by Crippen LogP contribution is 2.12. The molecule has 0 spiro atoms. The first-order valence-corrected chi connectivity index (χ1v) is 10.4. The molecule has 0 bridgehead atoms. The molecule has 0 saturated carbocycles. The summed E-state index contributed by atoms with van der Waals surface area (Å²) < 4.78 is 0. The lowest BCUT2D eigenvalue weighted by Gasteiger charge is -2.28. The van der Waals surface area contributed by atoms with Crippen LogP contribution in [0.15, 0.2) is 0 Å². The normalized spacial score (nSPS) is 15.8. The van der Waals surface area contributed by atoms with Gasteiger partial charge in [0.2, 0.25) is 17.7 Å². The molecule has 5 unspecified atom stereocenters. The van der Waals surface area contributed by atoms with Crippen LogP contribution in [0.4, 0.5) is 0 Å². The molecule has 0 aromatic carbocycles. The van der Waals surface area contributed by atoms with Crippen LogP contribution < -0.4 is 21.7 Å². The molecule has 0 aromatic rings. The average Bonchev–Trinajstić information content (AvgIpc) is 2.66. The van der Waals surface area contributed by atoms with E-state index in [-0.39, 0.29) is 18.3 Å². The van der Waals surface area contributed by atoms with Gasteiger partial charge in [0.1, 0.15) is 18.1 Å². The number of carboxylic acids is 2. The molecule has 0 saturated heterocycles. The lowest BCUT2D eigenvalue weighted by molar-refractivity contribution is -0.143. The van der Waals surface area contributed by atoms with E-state index in [1.807, 2.05) is 13.8 Å². The molecule has 0 heterocycles. The average molecular weight is 445 g/mol. The molecular formula is C20H36N4O7. The Morgan fingerprint density at radius 2 is 1.39 bits per heavy atom. The Bertz CT molecular complexity index is 651. The molecule has 0 rings (SSSR count). The van der Waals surface area contributed by atoms with Gasteiger partial charge in [-0.25, -0.2) is 4.79 Å². The van der Waals surface area contributed by atoms with Crippen LogP contribution in [0.25, 0.3) is 0 Å². The molecular weight excluding hydrogens is 408 g/mol. The third kappa shape index (κ3) is 10.8. The molecule has 0 aliphatic carbocycles. The molecule has 11 heteroatoms. The Kier molecular flexibility index (Phi) is 12.4. The third-order valence-corrected chi connectivity index (χ3v) is 4.81. The van der Waals surface area contributed by atoms with Gasteiger partial charge < -0.3 is 31.9 Å². The summed E-state index contributed by atoms with van der Waals surface area (Å²) in [5, 5.41) is 25.5. The zero-order chi connectivity index (χ0) is 24.3. The molecule has 0 fully saturated rings. The molecule has 3 amide bonds. The van der Waals surface area contributed by atoms with E-state index < -0.39 is 60.2 Å². The SMILES string of the molecule is CCC(C)C(NC(=O)C(CC(C)C)NC(=O)C(C)N)C(=O)NC(CCC(=O)O)C(=O)O. The lowest BCUT2D eigenvalue weighted by Crippen LogP contribution is -2.58. The lowest BCUT2D eigenvalue weighted by atomic mass is 9.96. The fourth-order valence-electron chi connectivity index (χ4n) is 2.75. The van der Waals surface area contributed by atoms with Gasteiger partial charge in [0.25, 0.3) is 0 Å². The molecule has 0 radical (unpaired) electrons. The van der Waals surface area contributed by atoms with Crippen molar-refractivity contribution in [2.45, 2.75) is 84.5 Å². The van der Waals surface area contributed by atoms with E-state index in [2.05, 4.69) is 16.0 Å². The van der Waals surface area contributed by atoms with Crippen molar-refractivity contribution in [3.8, 4) is 0 Å². The van der Waals surface area contributed by atoms with Gasteiger partial charge in [-0.05, 0) is 31.6 Å². The molecule has 0 aromatic heterocycles. The Labute approximate surface area is 182 Å². The Morgan fingerprint density at radius 1 is 0.839 bits per heavy atom. The van der Waals surface area contributed by atoms with Gasteiger partial charge >= 0.3 is 11.9 Å². The second-order valence-electron chi connectivity index (χ2n) is 8.18. The van der Waals surface area contributed by atoms with Crippen molar-refractivity contribution < 1.29 is 34.2 Å². The first-order valence-electron chi connectivity index (χ1n) is 10.4. The summed E-state index contributed by atoms with van der Waals surface area (Å²) >= 11 is 0. The number of carbonyl (C=O) groups excluding carboxylic acids is 3. The zero-order valence-corrected chi connectivity index (χ0v) is 18.8. The van der Waals surface area contributed by atoms with E-state index in [0.717, 1.165) is 0 Å². The number of carboxylic acid groups (broad SMARTS) is 2. The van der Waals surface area contributed by atoms with Gasteiger partial charge in [-0.15, -0.1) is 0 Å². The smallest absolute Gasteiger partial charge is 0.326 e. The zero-order valence-electron chi connectivity index (χ0n) is 18.8. The monoisotopic (exact) mass is 444 g/mol. The van der Waals surface area contributed by atoms with Crippen LogP contribution in [0, 0.1) is 11.8 Å². The Morgan fingerprint density at radius 3 is 1.81 bits per heavy atom. The number of aliphatic carboxylic acids is 2. The summed E-state index contributed by atoms with van der Waals surface area (Å²) in [6, 6.07) is -4.20. The Hall–Kier alpha value is -2.69. The van der Waals surface area contributed by atoms with Crippen LogP contribution in [0.2, 0.25) is 0 Å². The highest BCUT2D eigenvalue weighted by Gasteiger charge is 2.32. The van der Waals surface area contributed by atoms with Crippen LogP contribution in [0.5, 0.6) is 0 Å². The van der Waals surface area contributed by atoms with Gasteiger partial charge in [0.15, 0.2) is 0 Å². The molecule has 5 atom stereocenters. The van der Waals surface area contributed by atoms with Crippen molar-refractivity contribution in [3.63, 3.8) is 0 Å². The summed E-state index contributed by atoms with van der Waals surface area (Å²) in [5.41, 5.74) is 5.56. The highest BCUT2D eigenvalue weighted by atomic mass is 16.4. The molecule has 11 nitrogen and oxygen atoms in total. The number of carbonyl (C=O) groups is 5. The van der Waals surface area contributed by atoms with Crippen molar-refractivity contribution >= 4 is 29.7 Å². The number of hydrogen-bond acceptors (Lipinski definition) is 6. The minimum absolute atomic E-state index is 0.0624. The fraction of sp³-hybridized carbons (Fsp3) is 0.750. The number of nitrogens with two attached hydrogens (primary N) is 1. The van der Waals surface area contributed by atoms with Gasteiger partial charge in [-0.3, -0.25) is 19.2 Å². The van der Waals surface area contributed by atoms with Crippen molar-refractivity contribution in [1.82, 2.24) is 16.0 Å². The van der Waals surface area contributed by atoms with E-state index in [0.29, 0.717) is 12.8 Å². The topological polar surface area (TPSA) is 188 Å². The highest BCUT2D eigenvalue weighted by molar-refractivity contribution is 5.94. The minimum Gasteiger partial charge on any atom is -0.481 e. The largest absolute Gasteiger partial charge is 0.481 e. The van der Waals surface area contributed by atoms with Crippen LogP contribution >= 0.6 is 0 Å².